The van der Waals surface area contributed by atoms with E-state index in [1.807, 2.05) is 11.3 Å². The molecule has 4 heteroatoms. The fraction of sp³-hybridized carbons (Fsp3) is 0.342. The van der Waals surface area contributed by atoms with Gasteiger partial charge in [-0.2, -0.15) is 0 Å². The van der Waals surface area contributed by atoms with Crippen LogP contribution in [0.15, 0.2) is 152 Å². The first-order valence-corrected chi connectivity index (χ1v) is 30.6. The van der Waals surface area contributed by atoms with Gasteiger partial charge in [0.1, 0.15) is 0 Å². The van der Waals surface area contributed by atoms with Gasteiger partial charge in [0.05, 0.1) is 10.7 Å². The highest BCUT2D eigenvalue weighted by Crippen LogP contribution is 2.56. The summed E-state index contributed by atoms with van der Waals surface area (Å²) >= 11 is 2.01. The zero-order valence-corrected chi connectivity index (χ0v) is 51.5. The molecular weight excluding hydrogens is 984 g/mol. The van der Waals surface area contributed by atoms with Crippen molar-refractivity contribution in [1.29, 1.82) is 0 Å². The van der Waals surface area contributed by atoms with Gasteiger partial charge in [-0.15, -0.1) is 11.3 Å². The molecule has 13 rings (SSSR count). The summed E-state index contributed by atoms with van der Waals surface area (Å²) in [5.74, 6) is 0. The van der Waals surface area contributed by atoms with E-state index in [0.29, 0.717) is 0 Å². The topological polar surface area (TPSA) is 6.48 Å². The number of fused-ring (bicyclic) bond motifs is 8. The van der Waals surface area contributed by atoms with Crippen LogP contribution in [0.5, 0.6) is 0 Å². The quantitative estimate of drug-likeness (QED) is 0.159. The van der Waals surface area contributed by atoms with Crippen LogP contribution in [0.25, 0.3) is 54.6 Å². The third kappa shape index (κ3) is 8.30. The molecular formula is C76H81BN2S. The zero-order valence-electron chi connectivity index (χ0n) is 50.6. The molecule has 1 aromatic heterocycles. The minimum Gasteiger partial charge on any atom is -0.376 e. The van der Waals surface area contributed by atoms with Crippen LogP contribution < -0.4 is 20.6 Å². The number of benzene rings is 8. The lowest BCUT2D eigenvalue weighted by Crippen LogP contribution is -2.61. The van der Waals surface area contributed by atoms with E-state index in [1.54, 1.807) is 0 Å². The summed E-state index contributed by atoms with van der Waals surface area (Å²) in [6, 6.07) is 60.4. The molecule has 2 aliphatic carbocycles. The van der Waals surface area contributed by atoms with Gasteiger partial charge in [-0.25, -0.2) is 0 Å². The van der Waals surface area contributed by atoms with Gasteiger partial charge in [0.2, 0.25) is 0 Å². The molecule has 0 bridgehead atoms. The summed E-state index contributed by atoms with van der Waals surface area (Å²) in [5.41, 5.74) is 29.3. The Balaban J connectivity index is 1.20. The molecule has 2 nitrogen and oxygen atoms in total. The van der Waals surface area contributed by atoms with E-state index in [4.69, 9.17) is 0 Å². The summed E-state index contributed by atoms with van der Waals surface area (Å²) in [4.78, 5) is 5.56. The van der Waals surface area contributed by atoms with Crippen LogP contribution in [0.3, 0.4) is 0 Å². The van der Waals surface area contributed by atoms with Crippen LogP contribution >= 0.6 is 11.3 Å². The molecule has 0 saturated heterocycles. The number of thiophene rings is 1. The second-order valence-electron chi connectivity index (χ2n) is 29.2. The standard InChI is InChI=1S/C76H81BN2S/c1-46-21-20-22-47(2)67(46)51-39-57-55-32-27-50(48-25-28-52(29-26-48)71(3,4)5)40-64(55)79(54-31-33-59-60(43-54)74(11,12)36-35-73(59,9)10)77-68(57)65(41-51)78(63-34-30-53(72(6,7)8)42-56(63)49-23-18-17-19-24-49)70-69(77)58-44-61-62(45-66(58)80-70)76(15,16)38-37-75(61,13)14/h17-34,39-45H,35-38H2,1-16H3. The number of aryl methyl sites for hydroxylation is 2. The Kier molecular flexibility index (Phi) is 11.8. The van der Waals surface area contributed by atoms with Gasteiger partial charge < -0.3 is 9.71 Å². The third-order valence-corrected chi connectivity index (χ3v) is 20.9. The first-order chi connectivity index (χ1) is 37.7. The van der Waals surface area contributed by atoms with Crippen LogP contribution in [0.2, 0.25) is 0 Å². The van der Waals surface area contributed by atoms with Crippen LogP contribution in [0.1, 0.15) is 167 Å². The Hall–Kier alpha value is -6.62. The molecule has 404 valence electrons. The maximum atomic E-state index is 2.82. The highest BCUT2D eigenvalue weighted by atomic mass is 32.1. The van der Waals surface area contributed by atoms with E-state index in [2.05, 4.69) is 272 Å². The molecule has 0 fully saturated rings. The first-order valence-electron chi connectivity index (χ1n) is 29.8. The molecule has 0 atom stereocenters. The Morgan fingerprint density at radius 2 is 1.00 bits per heavy atom. The van der Waals surface area contributed by atoms with Gasteiger partial charge in [0.25, 0.3) is 0 Å². The normalized spacial score (nSPS) is 17.4. The van der Waals surface area contributed by atoms with Crippen molar-refractivity contribution in [2.45, 2.75) is 169 Å². The number of hydrogen-bond donors (Lipinski definition) is 0. The van der Waals surface area contributed by atoms with E-state index in [0.717, 1.165) is 12.8 Å². The Bertz CT molecular complexity index is 3980. The molecule has 0 spiro atoms. The SMILES string of the molecule is Cc1cccc(C)c1-c1cc2c3c(c1)N(c1ccc(C(C)(C)C)cc1-c1ccccc1)c1sc4cc5c(cc4c1B3N(c1ccc3c(c1)C(C)(C)CCC3(C)C)c1cc(-c3ccc(C(C)(C)C)cc3)ccc1-2)C(C)(C)CCC5(C)C. The maximum absolute atomic E-state index is 2.82. The van der Waals surface area contributed by atoms with E-state index in [1.165, 1.54) is 151 Å². The molecule has 0 amide bonds. The second-order valence-corrected chi connectivity index (χ2v) is 30.2. The number of rotatable bonds is 5. The first kappa shape index (κ1) is 52.7. The maximum Gasteiger partial charge on any atom is 0.334 e. The van der Waals surface area contributed by atoms with Gasteiger partial charge in [0.15, 0.2) is 0 Å². The molecule has 0 unspecified atom stereocenters. The Morgan fingerprint density at radius 1 is 0.425 bits per heavy atom. The van der Waals surface area contributed by atoms with Crippen molar-refractivity contribution in [2.24, 2.45) is 0 Å². The van der Waals surface area contributed by atoms with Crippen molar-refractivity contribution in [1.82, 2.24) is 0 Å². The van der Waals surface area contributed by atoms with E-state index in [-0.39, 0.29) is 39.3 Å². The van der Waals surface area contributed by atoms with Crippen molar-refractivity contribution in [3.8, 4) is 44.5 Å². The fourth-order valence-electron chi connectivity index (χ4n) is 14.6. The van der Waals surface area contributed by atoms with E-state index >= 15 is 0 Å². The predicted molar refractivity (Wildman–Crippen MR) is 349 cm³/mol. The average molecular weight is 1070 g/mol. The van der Waals surface area contributed by atoms with Crippen LogP contribution in [0, 0.1) is 13.8 Å². The summed E-state index contributed by atoms with van der Waals surface area (Å²) < 4.78 is 1.37. The third-order valence-electron chi connectivity index (χ3n) is 19.8. The number of hydrogen-bond acceptors (Lipinski definition) is 3. The zero-order chi connectivity index (χ0) is 56.4. The lowest BCUT2D eigenvalue weighted by atomic mass is 9.43. The largest absolute Gasteiger partial charge is 0.376 e. The van der Waals surface area contributed by atoms with E-state index < -0.39 is 0 Å². The fourth-order valence-corrected chi connectivity index (χ4v) is 15.9. The Morgan fingerprint density at radius 3 is 1.64 bits per heavy atom. The average Bonchev–Trinajstić information content (AvgIpc) is 3.92. The summed E-state index contributed by atoms with van der Waals surface area (Å²) in [5, 5.41) is 2.69. The van der Waals surface area contributed by atoms with Crippen molar-refractivity contribution in [3.05, 3.63) is 196 Å². The van der Waals surface area contributed by atoms with E-state index in [9.17, 15) is 0 Å². The molecule has 3 heterocycles. The van der Waals surface area contributed by atoms with Crippen molar-refractivity contribution in [3.63, 3.8) is 0 Å². The lowest BCUT2D eigenvalue weighted by molar-refractivity contribution is 0.332. The van der Waals surface area contributed by atoms with Crippen molar-refractivity contribution < 1.29 is 0 Å². The number of anilines is 5. The summed E-state index contributed by atoms with van der Waals surface area (Å²) in [6.45, 7) is 38.3. The smallest absolute Gasteiger partial charge is 0.334 e. The predicted octanol–water partition coefficient (Wildman–Crippen LogP) is 20.5. The van der Waals surface area contributed by atoms with Crippen molar-refractivity contribution >= 4 is 66.9 Å². The van der Waals surface area contributed by atoms with Gasteiger partial charge in [-0.1, -0.05) is 194 Å². The lowest BCUT2D eigenvalue weighted by Gasteiger charge is -2.47. The highest BCUT2D eigenvalue weighted by molar-refractivity contribution is 7.26. The van der Waals surface area contributed by atoms with Gasteiger partial charge >= 0.3 is 6.85 Å². The van der Waals surface area contributed by atoms with Crippen LogP contribution in [-0.4, -0.2) is 6.85 Å². The van der Waals surface area contributed by atoms with Crippen LogP contribution in [0.4, 0.5) is 27.8 Å². The van der Waals surface area contributed by atoms with Gasteiger partial charge in [-0.3, -0.25) is 0 Å². The molecule has 0 saturated carbocycles. The summed E-state index contributed by atoms with van der Waals surface area (Å²) in [7, 11) is 0. The molecule has 2 aliphatic heterocycles. The van der Waals surface area contributed by atoms with Crippen molar-refractivity contribution in [2.75, 3.05) is 9.71 Å². The van der Waals surface area contributed by atoms with Gasteiger partial charge in [0, 0.05) is 32.9 Å². The monoisotopic (exact) mass is 1060 g/mol. The molecule has 4 aliphatic rings. The molecule has 9 aromatic rings. The highest BCUT2D eigenvalue weighted by Gasteiger charge is 2.49. The summed E-state index contributed by atoms with van der Waals surface area (Å²) in [6.07, 6.45) is 4.67. The molecule has 0 N–H and O–H groups in total. The minimum absolute atomic E-state index is 0.0214. The van der Waals surface area contributed by atoms with Gasteiger partial charge in [-0.05, 0) is 221 Å². The number of nitrogens with zero attached hydrogens (tertiary/aromatic N) is 2. The molecule has 80 heavy (non-hydrogen) atoms. The molecule has 8 aromatic carbocycles. The Labute approximate surface area is 483 Å². The minimum atomic E-state index is -0.150. The second kappa shape index (κ2) is 17.9. The van der Waals surface area contributed by atoms with Crippen LogP contribution in [-0.2, 0) is 32.5 Å². The molecule has 0 radical (unpaired) electrons.